The Morgan fingerprint density at radius 3 is 1.18 bits per heavy atom. The molecule has 0 saturated heterocycles. The van der Waals surface area contributed by atoms with Gasteiger partial charge in [0.25, 0.3) is 0 Å². The van der Waals surface area contributed by atoms with Crippen LogP contribution in [0.1, 0.15) is 109 Å². The van der Waals surface area contributed by atoms with E-state index >= 15 is 0 Å². The van der Waals surface area contributed by atoms with Crippen molar-refractivity contribution in [2.45, 2.75) is 81.5 Å². The van der Waals surface area contributed by atoms with Gasteiger partial charge in [0.05, 0.1) is 5.41 Å². The lowest BCUT2D eigenvalue weighted by atomic mass is 9.67. The van der Waals surface area contributed by atoms with Crippen molar-refractivity contribution in [1.29, 1.82) is 0 Å². The highest BCUT2D eigenvalue weighted by atomic mass is 15.1. The molecule has 0 N–H and O–H groups in total. The molecule has 2 saturated carbocycles. The highest BCUT2D eigenvalue weighted by Gasteiger charge is 2.46. The smallest absolute Gasteiger partial charge is 0.0714 e. The van der Waals surface area contributed by atoms with Gasteiger partial charge in [-0.3, -0.25) is 0 Å². The summed E-state index contributed by atoms with van der Waals surface area (Å²) in [5.74, 6) is 1.40. The molecule has 3 aliphatic rings. The Balaban J connectivity index is 0.959. The van der Waals surface area contributed by atoms with Crippen LogP contribution >= 0.6 is 0 Å². The first-order valence-corrected chi connectivity index (χ1v) is 25.4. The number of benzene rings is 9. The van der Waals surface area contributed by atoms with E-state index in [0.717, 1.165) is 17.1 Å². The molecule has 0 aliphatic heterocycles. The van der Waals surface area contributed by atoms with E-state index < -0.39 is 5.41 Å². The van der Waals surface area contributed by atoms with Crippen LogP contribution in [-0.2, 0) is 5.41 Å². The first kappa shape index (κ1) is 42.2. The summed E-state index contributed by atoms with van der Waals surface area (Å²) < 4.78 is 0. The summed E-state index contributed by atoms with van der Waals surface area (Å²) in [6, 6.07) is 84.8. The normalized spacial score (nSPS) is 15.6. The molecule has 0 radical (unpaired) electrons. The lowest BCUT2D eigenvalue weighted by Gasteiger charge is -2.35. The average Bonchev–Trinajstić information content (AvgIpc) is 3.73. The maximum Gasteiger partial charge on any atom is 0.0714 e. The second-order valence-electron chi connectivity index (χ2n) is 19.6. The van der Waals surface area contributed by atoms with Gasteiger partial charge in [-0.15, -0.1) is 0 Å². The number of fused-ring (bicyclic) bond motifs is 3. The van der Waals surface area contributed by atoms with Gasteiger partial charge in [-0.2, -0.15) is 0 Å². The summed E-state index contributed by atoms with van der Waals surface area (Å²) in [4.78, 5) is 2.46. The number of rotatable bonds is 10. The van der Waals surface area contributed by atoms with Crippen molar-refractivity contribution < 1.29 is 0 Å². The van der Waals surface area contributed by atoms with Crippen LogP contribution < -0.4 is 4.90 Å². The minimum Gasteiger partial charge on any atom is -0.310 e. The van der Waals surface area contributed by atoms with Gasteiger partial charge in [-0.25, -0.2) is 0 Å². The Hall–Kier alpha value is -7.22. The van der Waals surface area contributed by atoms with E-state index in [1.807, 2.05) is 0 Å². The molecule has 0 bridgehead atoms. The second-order valence-corrected chi connectivity index (χ2v) is 19.6. The third kappa shape index (κ3) is 7.69. The summed E-state index contributed by atoms with van der Waals surface area (Å²) in [6.07, 6.45) is 13.4. The molecule has 0 atom stereocenters. The van der Waals surface area contributed by atoms with E-state index in [0.29, 0.717) is 11.8 Å². The topological polar surface area (TPSA) is 3.24 Å². The molecule has 3 aliphatic carbocycles. The second kappa shape index (κ2) is 18.5. The SMILES string of the molecule is c1ccc(C2(c3ccccc3)c3ccccc3-c3ccc(N(c4ccc(-c5ccc(C6CCCCC6)cc5)cc4)c4ccc(-c5ccccc5-c5ccc(C6CCCCC6)cc5)cc4)cc32)cc1. The van der Waals surface area contributed by atoms with Crippen LogP contribution in [0.5, 0.6) is 0 Å². The molecule has 1 nitrogen and oxygen atoms in total. The highest BCUT2D eigenvalue weighted by Crippen LogP contribution is 2.57. The summed E-state index contributed by atoms with van der Waals surface area (Å²) >= 11 is 0. The molecule has 0 aromatic heterocycles. The van der Waals surface area contributed by atoms with Crippen LogP contribution in [-0.4, -0.2) is 0 Å². The number of hydrogen-bond acceptors (Lipinski definition) is 1. The zero-order valence-electron chi connectivity index (χ0n) is 39.0. The summed E-state index contributed by atoms with van der Waals surface area (Å²) in [7, 11) is 0. The summed E-state index contributed by atoms with van der Waals surface area (Å²) in [6.45, 7) is 0. The number of nitrogens with zero attached hydrogens (tertiary/aromatic N) is 1. The molecule has 0 heterocycles. The Morgan fingerprint density at radius 1 is 0.294 bits per heavy atom. The van der Waals surface area contributed by atoms with Gasteiger partial charge in [-0.05, 0) is 152 Å². The van der Waals surface area contributed by atoms with Gasteiger partial charge in [0.1, 0.15) is 0 Å². The third-order valence-corrected chi connectivity index (χ3v) is 15.8. The molecular weight excluding hydrogens is 819 g/mol. The maximum atomic E-state index is 2.48. The lowest BCUT2D eigenvalue weighted by molar-refractivity contribution is 0.443. The van der Waals surface area contributed by atoms with E-state index in [-0.39, 0.29) is 0 Å². The van der Waals surface area contributed by atoms with E-state index in [1.165, 1.54) is 142 Å². The van der Waals surface area contributed by atoms with Crippen LogP contribution in [0.4, 0.5) is 17.1 Å². The molecule has 12 rings (SSSR count). The van der Waals surface area contributed by atoms with E-state index in [2.05, 4.69) is 229 Å². The molecule has 2 fully saturated rings. The Kier molecular flexibility index (Phi) is 11.4. The molecule has 9 aromatic carbocycles. The highest BCUT2D eigenvalue weighted by molar-refractivity contribution is 5.90. The number of hydrogen-bond donors (Lipinski definition) is 0. The fourth-order valence-electron chi connectivity index (χ4n) is 12.4. The van der Waals surface area contributed by atoms with Crippen LogP contribution in [0.15, 0.2) is 224 Å². The number of anilines is 3. The minimum absolute atomic E-state index is 0.494. The fraction of sp³-hybridized carbons (Fsp3) is 0.194. The maximum absolute atomic E-state index is 2.48. The zero-order valence-corrected chi connectivity index (χ0v) is 39.0. The van der Waals surface area contributed by atoms with Gasteiger partial charge >= 0.3 is 0 Å². The van der Waals surface area contributed by atoms with Crippen molar-refractivity contribution in [3.63, 3.8) is 0 Å². The van der Waals surface area contributed by atoms with Gasteiger partial charge < -0.3 is 4.90 Å². The first-order valence-electron chi connectivity index (χ1n) is 25.4. The Labute approximate surface area is 403 Å². The van der Waals surface area contributed by atoms with Crippen molar-refractivity contribution in [1.82, 2.24) is 0 Å². The van der Waals surface area contributed by atoms with Crippen LogP contribution in [0.2, 0.25) is 0 Å². The van der Waals surface area contributed by atoms with Crippen molar-refractivity contribution in [3.05, 3.63) is 258 Å². The Morgan fingerprint density at radius 2 is 0.676 bits per heavy atom. The summed E-state index contributed by atoms with van der Waals surface area (Å²) in [5, 5.41) is 0. The van der Waals surface area contributed by atoms with E-state index in [1.54, 1.807) is 0 Å². The van der Waals surface area contributed by atoms with Crippen LogP contribution in [0.25, 0.3) is 44.5 Å². The average molecular weight is 878 g/mol. The first-order chi connectivity index (χ1) is 33.7. The molecule has 0 unspecified atom stereocenters. The zero-order chi connectivity index (χ0) is 45.3. The molecular formula is C67H59N. The van der Waals surface area contributed by atoms with Gasteiger partial charge in [0.15, 0.2) is 0 Å². The quantitative estimate of drug-likeness (QED) is 0.132. The van der Waals surface area contributed by atoms with Crippen molar-refractivity contribution in [2.75, 3.05) is 4.90 Å². The largest absolute Gasteiger partial charge is 0.310 e. The van der Waals surface area contributed by atoms with Gasteiger partial charge in [0.2, 0.25) is 0 Å². The van der Waals surface area contributed by atoms with E-state index in [9.17, 15) is 0 Å². The molecule has 68 heavy (non-hydrogen) atoms. The Bertz CT molecular complexity index is 3100. The lowest BCUT2D eigenvalue weighted by Crippen LogP contribution is -2.28. The molecule has 9 aromatic rings. The van der Waals surface area contributed by atoms with Gasteiger partial charge in [-0.1, -0.05) is 227 Å². The van der Waals surface area contributed by atoms with Crippen molar-refractivity contribution in [3.8, 4) is 44.5 Å². The monoisotopic (exact) mass is 877 g/mol. The summed E-state index contributed by atoms with van der Waals surface area (Å²) in [5.41, 5.74) is 21.1. The van der Waals surface area contributed by atoms with Crippen molar-refractivity contribution in [2.24, 2.45) is 0 Å². The van der Waals surface area contributed by atoms with E-state index in [4.69, 9.17) is 0 Å². The van der Waals surface area contributed by atoms with Crippen LogP contribution in [0, 0.1) is 0 Å². The molecule has 0 spiro atoms. The fourth-order valence-corrected chi connectivity index (χ4v) is 12.4. The molecule has 0 amide bonds. The van der Waals surface area contributed by atoms with Crippen molar-refractivity contribution >= 4 is 17.1 Å². The predicted molar refractivity (Wildman–Crippen MR) is 286 cm³/mol. The molecule has 1 heteroatoms. The van der Waals surface area contributed by atoms with Gasteiger partial charge in [0, 0.05) is 17.1 Å². The molecule has 332 valence electrons. The predicted octanol–water partition coefficient (Wildman–Crippen LogP) is 18.6. The third-order valence-electron chi connectivity index (χ3n) is 15.8. The van der Waals surface area contributed by atoms with Crippen LogP contribution in [0.3, 0.4) is 0 Å². The standard InChI is InChI=1S/C67H59N/c1-5-17-48(18-6-1)50-29-31-52(32-30-50)53-37-41-58(42-38-53)68(59-43-39-55(40-44-59)62-26-14-13-25-61(62)54-35-33-51(34-36-54)49-19-7-2-8-20-49)60-45-46-64-63-27-15-16-28-65(63)67(66(64)47-60,56-21-9-3-10-22-56)57-23-11-4-12-24-57/h3-4,9-16,21-49H,1-2,5-8,17-20H2. The minimum atomic E-state index is -0.494.